The Morgan fingerprint density at radius 2 is 1.81 bits per heavy atom. The second-order valence-corrected chi connectivity index (χ2v) is 5.86. The molecule has 0 aromatic carbocycles. The van der Waals surface area contributed by atoms with Gasteiger partial charge in [-0.2, -0.15) is 0 Å². The first kappa shape index (κ1) is 16.2. The van der Waals surface area contributed by atoms with Crippen molar-refractivity contribution in [3.8, 4) is 0 Å². The molecule has 0 fully saturated rings. The lowest BCUT2D eigenvalue weighted by Gasteiger charge is -2.30. The minimum atomic E-state index is -0.352. The molecule has 0 radical (unpaired) electrons. The number of nitrogens with zero attached hydrogens (tertiary/aromatic N) is 2. The molecule has 0 bridgehead atoms. The van der Waals surface area contributed by atoms with Gasteiger partial charge in [-0.15, -0.1) is 0 Å². The Labute approximate surface area is 128 Å². The van der Waals surface area contributed by atoms with Crippen LogP contribution in [0.3, 0.4) is 0 Å². The molecule has 118 valence electrons. The van der Waals surface area contributed by atoms with Crippen molar-refractivity contribution >= 4 is 5.82 Å². The zero-order valence-electron chi connectivity index (χ0n) is 14.0. The average Bonchev–Trinajstić information content (AvgIpc) is 2.55. The largest absolute Gasteiger partial charge is 0.370 e. The summed E-state index contributed by atoms with van der Waals surface area (Å²) in [4.78, 5) is 9.75. The van der Waals surface area contributed by atoms with Crippen molar-refractivity contribution in [3.63, 3.8) is 0 Å². The number of aryl methyl sites for hydroxylation is 1. The number of anilines is 1. The number of rotatable bonds is 7. The molecule has 0 saturated carbocycles. The van der Waals surface area contributed by atoms with E-state index in [0.717, 1.165) is 50.3 Å². The predicted octanol–water partition coefficient (Wildman–Crippen LogP) is 3.84. The molecular weight excluding hydrogens is 262 g/mol. The smallest absolute Gasteiger partial charge is 0.162 e. The van der Waals surface area contributed by atoms with Gasteiger partial charge in [-0.3, -0.25) is 0 Å². The number of ether oxygens (including phenoxy) is 1. The Morgan fingerprint density at radius 3 is 2.43 bits per heavy atom. The van der Waals surface area contributed by atoms with Gasteiger partial charge in [-0.1, -0.05) is 20.8 Å². The van der Waals surface area contributed by atoms with E-state index < -0.39 is 0 Å². The van der Waals surface area contributed by atoms with Gasteiger partial charge in [0.15, 0.2) is 5.82 Å². The quantitative estimate of drug-likeness (QED) is 0.829. The van der Waals surface area contributed by atoms with Gasteiger partial charge >= 0.3 is 0 Å². The zero-order chi connectivity index (χ0) is 15.3. The summed E-state index contributed by atoms with van der Waals surface area (Å²) in [5, 5.41) is 3.50. The van der Waals surface area contributed by atoms with Gasteiger partial charge in [0.25, 0.3) is 0 Å². The first-order valence-electron chi connectivity index (χ1n) is 8.40. The minimum Gasteiger partial charge on any atom is -0.370 e. The van der Waals surface area contributed by atoms with E-state index in [4.69, 9.17) is 14.7 Å². The maximum Gasteiger partial charge on any atom is 0.162 e. The molecule has 21 heavy (non-hydrogen) atoms. The Morgan fingerprint density at radius 1 is 1.10 bits per heavy atom. The highest BCUT2D eigenvalue weighted by Gasteiger charge is 2.33. The maximum atomic E-state index is 5.82. The van der Waals surface area contributed by atoms with Crippen molar-refractivity contribution in [2.45, 2.75) is 71.3 Å². The molecule has 1 aliphatic carbocycles. The van der Waals surface area contributed by atoms with Crippen LogP contribution in [0.25, 0.3) is 0 Å². The summed E-state index contributed by atoms with van der Waals surface area (Å²) >= 11 is 0. The van der Waals surface area contributed by atoms with Gasteiger partial charge in [0.2, 0.25) is 0 Å². The minimum absolute atomic E-state index is 0.352. The molecule has 0 amide bonds. The van der Waals surface area contributed by atoms with Crippen LogP contribution >= 0.6 is 0 Å². The fraction of sp³-hybridized carbons (Fsp3) is 0.765. The lowest BCUT2D eigenvalue weighted by atomic mass is 9.93. The predicted molar refractivity (Wildman–Crippen MR) is 86.7 cm³/mol. The van der Waals surface area contributed by atoms with Gasteiger partial charge < -0.3 is 10.1 Å². The van der Waals surface area contributed by atoms with E-state index >= 15 is 0 Å². The molecule has 4 heteroatoms. The van der Waals surface area contributed by atoms with Gasteiger partial charge in [-0.05, 0) is 44.9 Å². The highest BCUT2D eigenvalue weighted by molar-refractivity contribution is 5.48. The molecule has 0 aliphatic heterocycles. The first-order valence-corrected chi connectivity index (χ1v) is 8.40. The maximum absolute atomic E-state index is 5.82. The van der Waals surface area contributed by atoms with Crippen LogP contribution in [0.4, 0.5) is 5.82 Å². The molecule has 4 nitrogen and oxygen atoms in total. The second-order valence-electron chi connectivity index (χ2n) is 5.86. The highest BCUT2D eigenvalue weighted by atomic mass is 16.5. The Hall–Kier alpha value is -1.16. The number of hydrogen-bond acceptors (Lipinski definition) is 4. The molecule has 1 aliphatic rings. The Bertz CT molecular complexity index is 461. The number of hydrogen-bond donors (Lipinski definition) is 1. The van der Waals surface area contributed by atoms with Crippen LogP contribution in [-0.2, 0) is 23.2 Å². The molecular formula is C17H29N3O. The fourth-order valence-electron chi connectivity index (χ4n) is 3.13. The Kier molecular flexibility index (Phi) is 5.57. The second kappa shape index (κ2) is 7.21. The van der Waals surface area contributed by atoms with Crippen molar-refractivity contribution in [2.75, 3.05) is 19.0 Å². The molecule has 1 aromatic heterocycles. The average molecular weight is 291 g/mol. The van der Waals surface area contributed by atoms with Crippen LogP contribution in [0, 0.1) is 0 Å². The van der Waals surface area contributed by atoms with Gasteiger partial charge in [0.05, 0.1) is 0 Å². The van der Waals surface area contributed by atoms with Crippen molar-refractivity contribution in [1.29, 1.82) is 0 Å². The standard InChI is InChI=1S/C17H29N3O/c1-5-12-18-15-13-10-8-9-11-14(13)19-16(20-15)17(6-2,7-3)21-4/h5-12H2,1-4H3,(H,18,19,20). The van der Waals surface area contributed by atoms with Crippen molar-refractivity contribution < 1.29 is 4.74 Å². The van der Waals surface area contributed by atoms with Gasteiger partial charge in [-0.25, -0.2) is 9.97 Å². The van der Waals surface area contributed by atoms with Crippen LogP contribution < -0.4 is 5.32 Å². The third-order valence-electron chi connectivity index (χ3n) is 4.67. The molecule has 1 heterocycles. The lowest BCUT2D eigenvalue weighted by Crippen LogP contribution is -2.31. The number of methoxy groups -OCH3 is 1. The SMILES string of the molecule is CCCNc1nc(C(CC)(CC)OC)nc2c1CCCC2. The Balaban J connectivity index is 2.47. The lowest BCUT2D eigenvalue weighted by molar-refractivity contribution is -0.0292. The molecule has 2 rings (SSSR count). The van der Waals surface area contributed by atoms with E-state index in [-0.39, 0.29) is 5.60 Å². The molecule has 0 unspecified atom stereocenters. The topological polar surface area (TPSA) is 47.0 Å². The van der Waals surface area contributed by atoms with E-state index in [1.807, 2.05) is 0 Å². The van der Waals surface area contributed by atoms with Crippen molar-refractivity contribution in [1.82, 2.24) is 9.97 Å². The van der Waals surface area contributed by atoms with E-state index in [0.29, 0.717) is 0 Å². The van der Waals surface area contributed by atoms with E-state index in [1.54, 1.807) is 7.11 Å². The van der Waals surface area contributed by atoms with E-state index in [9.17, 15) is 0 Å². The van der Waals surface area contributed by atoms with E-state index in [1.165, 1.54) is 24.1 Å². The van der Waals surface area contributed by atoms with Gasteiger partial charge in [0.1, 0.15) is 11.4 Å². The molecule has 0 saturated heterocycles. The highest BCUT2D eigenvalue weighted by Crippen LogP contribution is 2.33. The molecule has 1 N–H and O–H groups in total. The van der Waals surface area contributed by atoms with E-state index in [2.05, 4.69) is 26.1 Å². The summed E-state index contributed by atoms with van der Waals surface area (Å²) in [6.45, 7) is 7.43. The molecule has 0 spiro atoms. The summed E-state index contributed by atoms with van der Waals surface area (Å²) in [5.74, 6) is 1.90. The summed E-state index contributed by atoms with van der Waals surface area (Å²) in [6, 6.07) is 0. The van der Waals surface area contributed by atoms with Crippen LogP contribution in [0.1, 0.15) is 70.0 Å². The third-order valence-corrected chi connectivity index (χ3v) is 4.67. The molecule has 0 atom stereocenters. The third kappa shape index (κ3) is 3.20. The summed E-state index contributed by atoms with van der Waals surface area (Å²) in [6.07, 6.45) is 7.53. The molecule has 1 aromatic rings. The summed E-state index contributed by atoms with van der Waals surface area (Å²) in [5.41, 5.74) is 2.21. The van der Waals surface area contributed by atoms with Crippen LogP contribution in [-0.4, -0.2) is 23.6 Å². The number of aromatic nitrogens is 2. The van der Waals surface area contributed by atoms with Crippen LogP contribution in [0.15, 0.2) is 0 Å². The zero-order valence-corrected chi connectivity index (χ0v) is 14.0. The number of nitrogens with one attached hydrogen (secondary N) is 1. The van der Waals surface area contributed by atoms with Crippen molar-refractivity contribution in [2.24, 2.45) is 0 Å². The fourth-order valence-corrected chi connectivity index (χ4v) is 3.13. The first-order chi connectivity index (χ1) is 10.2. The summed E-state index contributed by atoms with van der Waals surface area (Å²) < 4.78 is 5.82. The monoisotopic (exact) mass is 291 g/mol. The van der Waals surface area contributed by atoms with Gasteiger partial charge in [0, 0.05) is 24.9 Å². The normalized spacial score (nSPS) is 14.9. The summed E-state index contributed by atoms with van der Waals surface area (Å²) in [7, 11) is 1.77. The van der Waals surface area contributed by atoms with Crippen LogP contribution in [0.5, 0.6) is 0 Å². The van der Waals surface area contributed by atoms with Crippen molar-refractivity contribution in [3.05, 3.63) is 17.1 Å². The number of fused-ring (bicyclic) bond motifs is 1. The van der Waals surface area contributed by atoms with Crippen LogP contribution in [0.2, 0.25) is 0 Å².